The molecule has 0 saturated heterocycles. The Labute approximate surface area is 133 Å². The van der Waals surface area contributed by atoms with Crippen LogP contribution >= 0.6 is 12.2 Å². The van der Waals surface area contributed by atoms with Crippen LogP contribution in [-0.2, 0) is 4.74 Å². The maximum absolute atomic E-state index is 5.76. The Morgan fingerprint density at radius 2 is 2.05 bits per heavy atom. The van der Waals surface area contributed by atoms with Crippen LogP contribution in [0.4, 0.5) is 0 Å². The molecule has 0 unspecified atom stereocenters. The fraction of sp³-hybridized carbons (Fsp3) is 0.562. The molecular weight excluding hydrogens is 284 g/mol. The van der Waals surface area contributed by atoms with E-state index in [0.717, 1.165) is 37.4 Å². The molecule has 0 aliphatic heterocycles. The number of nitrogens with two attached hydrogens (primary N) is 1. The standard InChI is InChI=1S/C16H26N2O2S/c1-13(2)18(9-11-19-3)8-5-10-20-15-7-4-6-14(12-15)16(17)21/h4,6-7,12-13H,5,8-11H2,1-3H3,(H2,17,21). The Hall–Kier alpha value is -1.17. The highest BCUT2D eigenvalue weighted by molar-refractivity contribution is 7.80. The molecule has 0 fully saturated rings. The van der Waals surface area contributed by atoms with Crippen LogP contribution in [0, 0.1) is 0 Å². The van der Waals surface area contributed by atoms with Crippen LogP contribution in [0.25, 0.3) is 0 Å². The van der Waals surface area contributed by atoms with Crippen LogP contribution < -0.4 is 10.5 Å². The third kappa shape index (κ3) is 6.89. The molecule has 0 radical (unpaired) electrons. The lowest BCUT2D eigenvalue weighted by atomic mass is 10.2. The van der Waals surface area contributed by atoms with Crippen LogP contribution in [0.15, 0.2) is 24.3 Å². The Kier molecular flexibility index (Phi) is 8.27. The third-order valence-corrected chi connectivity index (χ3v) is 3.53. The van der Waals surface area contributed by atoms with E-state index in [1.807, 2.05) is 24.3 Å². The average Bonchev–Trinajstić information content (AvgIpc) is 2.46. The first-order chi connectivity index (χ1) is 10.0. The van der Waals surface area contributed by atoms with Gasteiger partial charge in [0.05, 0.1) is 13.2 Å². The Bertz CT molecular complexity index is 438. The molecule has 4 nitrogen and oxygen atoms in total. The van der Waals surface area contributed by atoms with Crippen LogP contribution in [0.5, 0.6) is 5.75 Å². The van der Waals surface area contributed by atoms with Crippen molar-refractivity contribution in [2.75, 3.05) is 33.4 Å². The van der Waals surface area contributed by atoms with E-state index in [-0.39, 0.29) is 0 Å². The predicted octanol–water partition coefficient (Wildman–Crippen LogP) is 2.45. The molecule has 21 heavy (non-hydrogen) atoms. The lowest BCUT2D eigenvalue weighted by Crippen LogP contribution is -2.35. The number of ether oxygens (including phenoxy) is 2. The fourth-order valence-electron chi connectivity index (χ4n) is 2.03. The van der Waals surface area contributed by atoms with E-state index >= 15 is 0 Å². The van der Waals surface area contributed by atoms with Gasteiger partial charge in [-0.1, -0.05) is 24.4 Å². The molecule has 1 aromatic rings. The van der Waals surface area contributed by atoms with Crippen molar-refractivity contribution in [1.29, 1.82) is 0 Å². The first-order valence-corrected chi connectivity index (χ1v) is 7.71. The van der Waals surface area contributed by atoms with Crippen molar-refractivity contribution in [2.24, 2.45) is 5.73 Å². The SMILES string of the molecule is COCCN(CCCOc1cccc(C(N)=S)c1)C(C)C. The molecule has 0 saturated carbocycles. The maximum atomic E-state index is 5.76. The molecule has 0 heterocycles. The van der Waals surface area contributed by atoms with Crippen molar-refractivity contribution in [2.45, 2.75) is 26.3 Å². The second-order valence-electron chi connectivity index (χ2n) is 5.22. The molecule has 0 aliphatic carbocycles. The van der Waals surface area contributed by atoms with Crippen molar-refractivity contribution in [3.05, 3.63) is 29.8 Å². The van der Waals surface area contributed by atoms with Gasteiger partial charge in [-0.3, -0.25) is 4.90 Å². The average molecular weight is 310 g/mol. The van der Waals surface area contributed by atoms with E-state index < -0.39 is 0 Å². The molecule has 2 N–H and O–H groups in total. The Morgan fingerprint density at radius 1 is 1.29 bits per heavy atom. The molecule has 5 heteroatoms. The highest BCUT2D eigenvalue weighted by Crippen LogP contribution is 2.13. The summed E-state index contributed by atoms with van der Waals surface area (Å²) in [5.74, 6) is 0.813. The van der Waals surface area contributed by atoms with Crippen molar-refractivity contribution >= 4 is 17.2 Å². The molecule has 1 aromatic carbocycles. The molecule has 0 aliphatic rings. The van der Waals surface area contributed by atoms with Gasteiger partial charge >= 0.3 is 0 Å². The Balaban J connectivity index is 2.35. The van der Waals surface area contributed by atoms with E-state index in [9.17, 15) is 0 Å². The quantitative estimate of drug-likeness (QED) is 0.531. The summed E-state index contributed by atoms with van der Waals surface area (Å²) >= 11 is 4.96. The number of rotatable bonds is 10. The minimum Gasteiger partial charge on any atom is -0.494 e. The fourth-order valence-corrected chi connectivity index (χ4v) is 2.16. The summed E-state index contributed by atoms with van der Waals surface area (Å²) in [6.45, 7) is 7.78. The van der Waals surface area contributed by atoms with Gasteiger partial charge in [0.1, 0.15) is 10.7 Å². The van der Waals surface area contributed by atoms with E-state index in [4.69, 9.17) is 27.4 Å². The Morgan fingerprint density at radius 3 is 2.67 bits per heavy atom. The van der Waals surface area contributed by atoms with Gasteiger partial charge in [0.25, 0.3) is 0 Å². The second-order valence-corrected chi connectivity index (χ2v) is 5.66. The number of methoxy groups -OCH3 is 1. The minimum absolute atomic E-state index is 0.394. The van der Waals surface area contributed by atoms with Gasteiger partial charge in [-0.05, 0) is 32.4 Å². The van der Waals surface area contributed by atoms with E-state index in [2.05, 4.69) is 18.7 Å². The lowest BCUT2D eigenvalue weighted by Gasteiger charge is -2.26. The van der Waals surface area contributed by atoms with Gasteiger partial charge in [0, 0.05) is 31.8 Å². The second kappa shape index (κ2) is 9.71. The topological polar surface area (TPSA) is 47.7 Å². The zero-order chi connectivity index (χ0) is 15.7. The molecule has 1 rings (SSSR count). The van der Waals surface area contributed by atoms with Crippen molar-refractivity contribution < 1.29 is 9.47 Å². The summed E-state index contributed by atoms with van der Waals surface area (Å²) in [7, 11) is 1.73. The van der Waals surface area contributed by atoms with E-state index in [0.29, 0.717) is 17.6 Å². The van der Waals surface area contributed by atoms with Gasteiger partial charge < -0.3 is 15.2 Å². The van der Waals surface area contributed by atoms with Gasteiger partial charge in [0.2, 0.25) is 0 Å². The number of nitrogens with zero attached hydrogens (tertiary/aromatic N) is 1. The van der Waals surface area contributed by atoms with E-state index in [1.54, 1.807) is 7.11 Å². The number of thiocarbonyl (C=S) groups is 1. The normalized spacial score (nSPS) is 11.1. The van der Waals surface area contributed by atoms with Gasteiger partial charge in [-0.15, -0.1) is 0 Å². The summed E-state index contributed by atoms with van der Waals surface area (Å²) in [6, 6.07) is 8.11. The van der Waals surface area contributed by atoms with Crippen molar-refractivity contribution in [3.63, 3.8) is 0 Å². The summed E-state index contributed by atoms with van der Waals surface area (Å²) in [4.78, 5) is 2.78. The lowest BCUT2D eigenvalue weighted by molar-refractivity contribution is 0.124. The highest BCUT2D eigenvalue weighted by Gasteiger charge is 2.08. The highest BCUT2D eigenvalue weighted by atomic mass is 32.1. The summed E-state index contributed by atoms with van der Waals surface area (Å²) < 4.78 is 10.9. The van der Waals surface area contributed by atoms with Crippen LogP contribution in [0.1, 0.15) is 25.8 Å². The van der Waals surface area contributed by atoms with Gasteiger partial charge in [-0.2, -0.15) is 0 Å². The zero-order valence-electron chi connectivity index (χ0n) is 13.2. The molecule has 0 spiro atoms. The number of hydrogen-bond donors (Lipinski definition) is 1. The van der Waals surface area contributed by atoms with Gasteiger partial charge in [-0.25, -0.2) is 0 Å². The smallest absolute Gasteiger partial charge is 0.119 e. The monoisotopic (exact) mass is 310 g/mol. The molecular formula is C16H26N2O2S. The number of hydrogen-bond acceptors (Lipinski definition) is 4. The largest absolute Gasteiger partial charge is 0.494 e. The summed E-state index contributed by atoms with van der Waals surface area (Å²) in [5, 5.41) is 0. The number of benzene rings is 1. The molecule has 118 valence electrons. The molecule has 0 atom stereocenters. The molecule has 0 bridgehead atoms. The first kappa shape index (κ1) is 17.9. The van der Waals surface area contributed by atoms with Crippen LogP contribution in [0.3, 0.4) is 0 Å². The van der Waals surface area contributed by atoms with Crippen molar-refractivity contribution in [3.8, 4) is 5.75 Å². The van der Waals surface area contributed by atoms with Crippen LogP contribution in [-0.4, -0.2) is 49.3 Å². The molecule has 0 aromatic heterocycles. The minimum atomic E-state index is 0.394. The zero-order valence-corrected chi connectivity index (χ0v) is 14.0. The van der Waals surface area contributed by atoms with Crippen molar-refractivity contribution in [1.82, 2.24) is 4.90 Å². The predicted molar refractivity (Wildman–Crippen MR) is 91.0 cm³/mol. The third-order valence-electron chi connectivity index (χ3n) is 3.29. The first-order valence-electron chi connectivity index (χ1n) is 7.30. The molecule has 0 amide bonds. The summed E-state index contributed by atoms with van der Waals surface area (Å²) in [5.41, 5.74) is 6.45. The summed E-state index contributed by atoms with van der Waals surface area (Å²) in [6.07, 6.45) is 0.971. The maximum Gasteiger partial charge on any atom is 0.119 e. The van der Waals surface area contributed by atoms with Crippen LogP contribution in [0.2, 0.25) is 0 Å². The van der Waals surface area contributed by atoms with Gasteiger partial charge in [0.15, 0.2) is 0 Å². The van der Waals surface area contributed by atoms with E-state index in [1.165, 1.54) is 0 Å².